The fourth-order valence-electron chi connectivity index (χ4n) is 2.95. The molecular formula is C22H26N6O. The first-order chi connectivity index (χ1) is 14.1. The molecule has 0 bridgehead atoms. The first-order valence-corrected chi connectivity index (χ1v) is 9.67. The SMILES string of the molecule is CCN(CC)c1ccc(Nc2ccnc(Nc3ccc(NC(C)=O)cc3)n2)cc1. The van der Waals surface area contributed by atoms with Crippen molar-refractivity contribution in [2.45, 2.75) is 20.8 Å². The van der Waals surface area contributed by atoms with E-state index in [-0.39, 0.29) is 5.91 Å². The first-order valence-electron chi connectivity index (χ1n) is 9.67. The quantitative estimate of drug-likeness (QED) is 0.514. The van der Waals surface area contributed by atoms with Gasteiger partial charge in [-0.15, -0.1) is 0 Å². The van der Waals surface area contributed by atoms with E-state index in [1.54, 1.807) is 6.20 Å². The maximum absolute atomic E-state index is 11.1. The van der Waals surface area contributed by atoms with E-state index in [0.717, 1.165) is 30.2 Å². The van der Waals surface area contributed by atoms with Crippen LogP contribution in [0.25, 0.3) is 0 Å². The third-order valence-electron chi connectivity index (χ3n) is 4.39. The molecule has 0 atom stereocenters. The second-order valence-corrected chi connectivity index (χ2v) is 6.49. The highest BCUT2D eigenvalue weighted by atomic mass is 16.1. The molecule has 0 aliphatic carbocycles. The molecule has 1 amide bonds. The van der Waals surface area contributed by atoms with Crippen molar-refractivity contribution in [3.63, 3.8) is 0 Å². The van der Waals surface area contributed by atoms with Crippen LogP contribution in [0.3, 0.4) is 0 Å². The molecular weight excluding hydrogens is 364 g/mol. The molecule has 0 saturated heterocycles. The Hall–Kier alpha value is -3.61. The van der Waals surface area contributed by atoms with Gasteiger partial charge in [-0.3, -0.25) is 4.79 Å². The van der Waals surface area contributed by atoms with E-state index >= 15 is 0 Å². The van der Waals surface area contributed by atoms with Crippen molar-refractivity contribution in [3.8, 4) is 0 Å². The average molecular weight is 390 g/mol. The highest BCUT2D eigenvalue weighted by Crippen LogP contribution is 2.22. The Bertz CT molecular complexity index is 936. The molecule has 29 heavy (non-hydrogen) atoms. The predicted octanol–water partition coefficient (Wildman–Crippen LogP) is 4.77. The summed E-state index contributed by atoms with van der Waals surface area (Å²) in [5.74, 6) is 1.09. The minimum atomic E-state index is -0.0991. The number of anilines is 6. The van der Waals surface area contributed by atoms with Crippen LogP contribution < -0.4 is 20.9 Å². The maximum Gasteiger partial charge on any atom is 0.229 e. The van der Waals surface area contributed by atoms with Gasteiger partial charge in [0.15, 0.2) is 0 Å². The summed E-state index contributed by atoms with van der Waals surface area (Å²) in [6.07, 6.45) is 1.70. The van der Waals surface area contributed by atoms with Crippen LogP contribution in [-0.2, 0) is 4.79 Å². The molecule has 0 fully saturated rings. The number of hydrogen-bond acceptors (Lipinski definition) is 6. The number of benzene rings is 2. The van der Waals surface area contributed by atoms with Crippen molar-refractivity contribution in [3.05, 3.63) is 60.8 Å². The molecule has 2 aromatic carbocycles. The molecule has 0 aliphatic rings. The van der Waals surface area contributed by atoms with E-state index in [9.17, 15) is 4.79 Å². The lowest BCUT2D eigenvalue weighted by Crippen LogP contribution is -2.21. The van der Waals surface area contributed by atoms with Gasteiger partial charge in [0.05, 0.1) is 0 Å². The summed E-state index contributed by atoms with van der Waals surface area (Å²) < 4.78 is 0. The zero-order valence-electron chi connectivity index (χ0n) is 16.9. The summed E-state index contributed by atoms with van der Waals surface area (Å²) in [5.41, 5.74) is 3.74. The molecule has 3 aromatic rings. The second-order valence-electron chi connectivity index (χ2n) is 6.49. The Labute approximate surface area is 171 Å². The molecule has 0 unspecified atom stereocenters. The zero-order chi connectivity index (χ0) is 20.6. The molecule has 1 heterocycles. The lowest BCUT2D eigenvalue weighted by molar-refractivity contribution is -0.114. The standard InChI is InChI=1S/C22H26N6O/c1-4-28(5-2)20-12-10-18(11-13-20)25-21-14-15-23-22(27-21)26-19-8-6-17(7-9-19)24-16(3)29/h6-15H,4-5H2,1-3H3,(H,24,29)(H2,23,25,26,27). The molecule has 0 radical (unpaired) electrons. The summed E-state index contributed by atoms with van der Waals surface area (Å²) in [5, 5.41) is 9.21. The van der Waals surface area contributed by atoms with Crippen LogP contribution in [0.1, 0.15) is 20.8 Å². The summed E-state index contributed by atoms with van der Waals surface area (Å²) in [6, 6.07) is 17.5. The first kappa shape index (κ1) is 20.1. The van der Waals surface area contributed by atoms with Crippen molar-refractivity contribution < 1.29 is 4.79 Å². The summed E-state index contributed by atoms with van der Waals surface area (Å²) in [7, 11) is 0. The Morgan fingerprint density at radius 1 is 0.862 bits per heavy atom. The number of rotatable bonds is 8. The monoisotopic (exact) mass is 390 g/mol. The number of nitrogens with zero attached hydrogens (tertiary/aromatic N) is 3. The van der Waals surface area contributed by atoms with Gasteiger partial charge in [-0.1, -0.05) is 0 Å². The van der Waals surface area contributed by atoms with Crippen molar-refractivity contribution in [1.82, 2.24) is 9.97 Å². The van der Waals surface area contributed by atoms with Gasteiger partial charge in [0.2, 0.25) is 11.9 Å². The molecule has 3 N–H and O–H groups in total. The molecule has 0 spiro atoms. The van der Waals surface area contributed by atoms with Crippen LogP contribution in [-0.4, -0.2) is 29.0 Å². The van der Waals surface area contributed by atoms with Crippen molar-refractivity contribution in [2.75, 3.05) is 33.9 Å². The number of carbonyl (C=O) groups is 1. The van der Waals surface area contributed by atoms with Crippen molar-refractivity contribution in [1.29, 1.82) is 0 Å². The van der Waals surface area contributed by atoms with Gasteiger partial charge in [-0.05, 0) is 68.4 Å². The topological polar surface area (TPSA) is 82.2 Å². The van der Waals surface area contributed by atoms with Crippen LogP contribution in [0.4, 0.5) is 34.5 Å². The van der Waals surface area contributed by atoms with Crippen LogP contribution >= 0.6 is 0 Å². The molecule has 7 heteroatoms. The lowest BCUT2D eigenvalue weighted by atomic mass is 10.2. The van der Waals surface area contributed by atoms with E-state index in [0.29, 0.717) is 11.8 Å². The van der Waals surface area contributed by atoms with E-state index in [2.05, 4.69) is 56.8 Å². The van der Waals surface area contributed by atoms with Gasteiger partial charge in [-0.2, -0.15) is 4.98 Å². The fraction of sp³-hybridized carbons (Fsp3) is 0.227. The minimum Gasteiger partial charge on any atom is -0.372 e. The third kappa shape index (κ3) is 5.68. The van der Waals surface area contributed by atoms with Crippen LogP contribution in [0.15, 0.2) is 60.8 Å². The molecule has 0 saturated carbocycles. The number of carbonyl (C=O) groups excluding carboxylic acids is 1. The zero-order valence-corrected chi connectivity index (χ0v) is 16.9. The summed E-state index contributed by atoms with van der Waals surface area (Å²) in [4.78, 5) is 22.2. The van der Waals surface area contributed by atoms with Gasteiger partial charge in [-0.25, -0.2) is 4.98 Å². The smallest absolute Gasteiger partial charge is 0.229 e. The Morgan fingerprint density at radius 3 is 2.07 bits per heavy atom. The highest BCUT2D eigenvalue weighted by molar-refractivity contribution is 5.88. The van der Waals surface area contributed by atoms with Gasteiger partial charge in [0, 0.05) is 49.0 Å². The molecule has 150 valence electrons. The maximum atomic E-state index is 11.1. The highest BCUT2D eigenvalue weighted by Gasteiger charge is 2.04. The van der Waals surface area contributed by atoms with Gasteiger partial charge in [0.1, 0.15) is 5.82 Å². The van der Waals surface area contributed by atoms with Crippen LogP contribution in [0.5, 0.6) is 0 Å². The predicted molar refractivity (Wildman–Crippen MR) is 119 cm³/mol. The number of hydrogen-bond donors (Lipinski definition) is 3. The van der Waals surface area contributed by atoms with E-state index in [4.69, 9.17) is 0 Å². The van der Waals surface area contributed by atoms with E-state index in [1.807, 2.05) is 42.5 Å². The Morgan fingerprint density at radius 2 is 1.45 bits per heavy atom. The summed E-state index contributed by atoms with van der Waals surface area (Å²) in [6.45, 7) is 7.75. The molecule has 3 rings (SSSR count). The van der Waals surface area contributed by atoms with Gasteiger partial charge in [0.25, 0.3) is 0 Å². The lowest BCUT2D eigenvalue weighted by Gasteiger charge is -2.21. The van der Waals surface area contributed by atoms with E-state index in [1.165, 1.54) is 12.6 Å². The number of aromatic nitrogens is 2. The third-order valence-corrected chi connectivity index (χ3v) is 4.39. The average Bonchev–Trinajstić information content (AvgIpc) is 2.72. The minimum absolute atomic E-state index is 0.0991. The fourth-order valence-corrected chi connectivity index (χ4v) is 2.95. The van der Waals surface area contributed by atoms with E-state index < -0.39 is 0 Å². The molecule has 0 aliphatic heterocycles. The van der Waals surface area contributed by atoms with Gasteiger partial charge < -0.3 is 20.9 Å². The molecule has 1 aromatic heterocycles. The van der Waals surface area contributed by atoms with Crippen molar-refractivity contribution in [2.24, 2.45) is 0 Å². The van der Waals surface area contributed by atoms with Crippen LogP contribution in [0, 0.1) is 0 Å². The number of nitrogens with one attached hydrogen (secondary N) is 3. The Kier molecular flexibility index (Phi) is 6.63. The second kappa shape index (κ2) is 9.54. The van der Waals surface area contributed by atoms with Crippen molar-refractivity contribution >= 4 is 40.4 Å². The van der Waals surface area contributed by atoms with Crippen LogP contribution in [0.2, 0.25) is 0 Å². The van der Waals surface area contributed by atoms with Gasteiger partial charge >= 0.3 is 0 Å². The number of amides is 1. The normalized spacial score (nSPS) is 10.3. The Balaban J connectivity index is 1.65. The molecule has 7 nitrogen and oxygen atoms in total. The summed E-state index contributed by atoms with van der Waals surface area (Å²) >= 11 is 0. The largest absolute Gasteiger partial charge is 0.372 e.